The maximum absolute atomic E-state index is 6.11. The first-order valence-corrected chi connectivity index (χ1v) is 7.53. The fourth-order valence-electron chi connectivity index (χ4n) is 2.29. The van der Waals surface area contributed by atoms with Gasteiger partial charge < -0.3 is 9.47 Å². The molecule has 1 aliphatic rings. The summed E-state index contributed by atoms with van der Waals surface area (Å²) in [5.41, 5.74) is 0. The van der Waals surface area contributed by atoms with E-state index < -0.39 is 0 Å². The lowest BCUT2D eigenvalue weighted by Crippen LogP contribution is -2.52. The van der Waals surface area contributed by atoms with Crippen molar-refractivity contribution in [2.45, 2.75) is 83.0 Å². The van der Waals surface area contributed by atoms with E-state index in [-0.39, 0.29) is 17.6 Å². The largest absolute Gasteiger partial charge is 0.374 e. The molecule has 0 spiro atoms. The minimum absolute atomic E-state index is 0.111. The Balaban J connectivity index is 2.11. The molecule has 0 N–H and O–H groups in total. The van der Waals surface area contributed by atoms with Gasteiger partial charge in [-0.05, 0) is 26.7 Å². The van der Waals surface area contributed by atoms with Gasteiger partial charge in [0.15, 0.2) is 0 Å². The van der Waals surface area contributed by atoms with E-state index >= 15 is 0 Å². The van der Waals surface area contributed by atoms with Crippen molar-refractivity contribution in [1.29, 1.82) is 0 Å². The summed E-state index contributed by atoms with van der Waals surface area (Å²) in [5.74, 6) is 0. The third kappa shape index (κ3) is 5.15. The first-order chi connectivity index (χ1) is 8.19. The molecule has 102 valence electrons. The van der Waals surface area contributed by atoms with Gasteiger partial charge in [0.25, 0.3) is 0 Å². The van der Waals surface area contributed by atoms with Gasteiger partial charge in [-0.3, -0.25) is 0 Å². The summed E-state index contributed by atoms with van der Waals surface area (Å²) in [7, 11) is 0. The summed E-state index contributed by atoms with van der Waals surface area (Å²) in [4.78, 5) is 0. The fraction of sp³-hybridized carbons (Fsp3) is 1.00. The Hall–Kier alpha value is 0.210. The van der Waals surface area contributed by atoms with E-state index in [1.54, 1.807) is 0 Å². The zero-order valence-corrected chi connectivity index (χ0v) is 12.2. The van der Waals surface area contributed by atoms with Gasteiger partial charge in [-0.15, -0.1) is 11.6 Å². The van der Waals surface area contributed by atoms with Crippen molar-refractivity contribution in [2.24, 2.45) is 0 Å². The summed E-state index contributed by atoms with van der Waals surface area (Å²) in [6.07, 6.45) is 7.98. The van der Waals surface area contributed by atoms with Crippen molar-refractivity contribution in [3.05, 3.63) is 0 Å². The van der Waals surface area contributed by atoms with Crippen LogP contribution in [0.1, 0.15) is 59.3 Å². The van der Waals surface area contributed by atoms with Crippen LogP contribution in [0.25, 0.3) is 0 Å². The highest BCUT2D eigenvalue weighted by Crippen LogP contribution is 2.33. The fourth-order valence-corrected chi connectivity index (χ4v) is 2.70. The molecule has 0 amide bonds. The Morgan fingerprint density at radius 1 is 1.24 bits per heavy atom. The maximum Gasteiger partial charge on any atom is 0.100 e. The molecule has 17 heavy (non-hydrogen) atoms. The Morgan fingerprint density at radius 2 is 2.00 bits per heavy atom. The Morgan fingerprint density at radius 3 is 2.59 bits per heavy atom. The van der Waals surface area contributed by atoms with Gasteiger partial charge in [0.1, 0.15) is 6.10 Å². The van der Waals surface area contributed by atoms with E-state index in [1.807, 2.05) is 6.92 Å². The van der Waals surface area contributed by atoms with Crippen LogP contribution in [0, 0.1) is 0 Å². The van der Waals surface area contributed by atoms with Crippen LogP contribution in [-0.4, -0.2) is 30.3 Å². The SMILES string of the molecule is CCCCCCC(C)OC1CC(Cl)C1OCC. The number of ether oxygens (including phenoxy) is 2. The average molecular weight is 263 g/mol. The maximum atomic E-state index is 6.11. The summed E-state index contributed by atoms with van der Waals surface area (Å²) >= 11 is 6.11. The highest BCUT2D eigenvalue weighted by molar-refractivity contribution is 6.21. The van der Waals surface area contributed by atoms with E-state index in [0.717, 1.165) is 19.4 Å². The van der Waals surface area contributed by atoms with Crippen molar-refractivity contribution in [2.75, 3.05) is 6.61 Å². The van der Waals surface area contributed by atoms with E-state index in [1.165, 1.54) is 25.7 Å². The lowest BCUT2D eigenvalue weighted by molar-refractivity contribution is -0.143. The molecular formula is C14H27ClO2. The molecule has 3 heteroatoms. The van der Waals surface area contributed by atoms with Gasteiger partial charge in [0, 0.05) is 6.61 Å². The van der Waals surface area contributed by atoms with Gasteiger partial charge in [0.05, 0.1) is 17.6 Å². The third-order valence-electron chi connectivity index (χ3n) is 3.41. The number of hydrogen-bond donors (Lipinski definition) is 0. The number of halogens is 1. The van der Waals surface area contributed by atoms with E-state index in [4.69, 9.17) is 21.1 Å². The van der Waals surface area contributed by atoms with Gasteiger partial charge in [-0.2, -0.15) is 0 Å². The van der Waals surface area contributed by atoms with Crippen molar-refractivity contribution in [1.82, 2.24) is 0 Å². The van der Waals surface area contributed by atoms with Crippen LogP contribution < -0.4 is 0 Å². The molecular weight excluding hydrogens is 236 g/mol. The van der Waals surface area contributed by atoms with Crippen molar-refractivity contribution in [3.63, 3.8) is 0 Å². The molecule has 0 bridgehead atoms. The highest BCUT2D eigenvalue weighted by Gasteiger charge is 2.42. The van der Waals surface area contributed by atoms with Gasteiger partial charge in [0.2, 0.25) is 0 Å². The molecule has 4 unspecified atom stereocenters. The second kappa shape index (κ2) is 8.34. The molecule has 0 saturated heterocycles. The molecule has 2 nitrogen and oxygen atoms in total. The Kier molecular flexibility index (Phi) is 7.49. The average Bonchev–Trinajstić information content (AvgIpc) is 2.31. The molecule has 1 saturated carbocycles. The predicted octanol–water partition coefficient (Wildman–Crippen LogP) is 4.15. The van der Waals surface area contributed by atoms with Crippen molar-refractivity contribution >= 4 is 11.6 Å². The zero-order valence-electron chi connectivity index (χ0n) is 11.5. The Bertz CT molecular complexity index is 199. The molecule has 1 aliphatic carbocycles. The van der Waals surface area contributed by atoms with Crippen molar-refractivity contribution in [3.8, 4) is 0 Å². The minimum atomic E-state index is 0.111. The molecule has 0 aromatic carbocycles. The monoisotopic (exact) mass is 262 g/mol. The lowest BCUT2D eigenvalue weighted by atomic mass is 9.90. The normalized spacial score (nSPS) is 30.0. The zero-order chi connectivity index (χ0) is 12.7. The second-order valence-electron chi connectivity index (χ2n) is 5.01. The number of hydrogen-bond acceptors (Lipinski definition) is 2. The first kappa shape index (κ1) is 15.3. The third-order valence-corrected chi connectivity index (χ3v) is 3.84. The van der Waals surface area contributed by atoms with Crippen molar-refractivity contribution < 1.29 is 9.47 Å². The number of rotatable bonds is 9. The summed E-state index contributed by atoms with van der Waals surface area (Å²) in [6, 6.07) is 0. The molecule has 0 aromatic heterocycles. The Labute approximate surface area is 111 Å². The van der Waals surface area contributed by atoms with Crippen LogP contribution in [0.3, 0.4) is 0 Å². The predicted molar refractivity (Wildman–Crippen MR) is 72.8 cm³/mol. The molecule has 0 aromatic rings. The smallest absolute Gasteiger partial charge is 0.100 e. The molecule has 4 atom stereocenters. The topological polar surface area (TPSA) is 18.5 Å². The first-order valence-electron chi connectivity index (χ1n) is 7.10. The highest BCUT2D eigenvalue weighted by atomic mass is 35.5. The second-order valence-corrected chi connectivity index (χ2v) is 5.57. The number of alkyl halides is 1. The van der Waals surface area contributed by atoms with Gasteiger partial charge >= 0.3 is 0 Å². The van der Waals surface area contributed by atoms with Crippen LogP contribution in [0.4, 0.5) is 0 Å². The summed E-state index contributed by atoms with van der Waals surface area (Å²) in [5, 5.41) is 0.146. The lowest BCUT2D eigenvalue weighted by Gasteiger charge is -2.41. The van der Waals surface area contributed by atoms with Crippen LogP contribution >= 0.6 is 11.6 Å². The number of unbranched alkanes of at least 4 members (excludes halogenated alkanes) is 3. The molecule has 1 rings (SSSR count). The van der Waals surface area contributed by atoms with Gasteiger partial charge in [-0.25, -0.2) is 0 Å². The van der Waals surface area contributed by atoms with Crippen LogP contribution in [-0.2, 0) is 9.47 Å². The van der Waals surface area contributed by atoms with E-state index in [9.17, 15) is 0 Å². The van der Waals surface area contributed by atoms with Gasteiger partial charge in [-0.1, -0.05) is 32.6 Å². The quantitative estimate of drug-likeness (QED) is 0.459. The van der Waals surface area contributed by atoms with E-state index in [2.05, 4.69) is 13.8 Å². The molecule has 1 fully saturated rings. The summed E-state index contributed by atoms with van der Waals surface area (Å²) in [6.45, 7) is 7.13. The van der Waals surface area contributed by atoms with Crippen LogP contribution in [0.5, 0.6) is 0 Å². The van der Waals surface area contributed by atoms with Crippen LogP contribution in [0.15, 0.2) is 0 Å². The molecule has 0 aliphatic heterocycles. The molecule has 0 radical (unpaired) electrons. The minimum Gasteiger partial charge on any atom is -0.374 e. The van der Waals surface area contributed by atoms with E-state index in [0.29, 0.717) is 6.10 Å². The summed E-state index contributed by atoms with van der Waals surface area (Å²) < 4.78 is 11.6. The van der Waals surface area contributed by atoms with Crippen LogP contribution in [0.2, 0.25) is 0 Å². The standard InChI is InChI=1S/C14H27ClO2/c1-4-6-7-8-9-11(3)17-13-10-12(15)14(13)16-5-2/h11-14H,4-10H2,1-3H3. The molecule has 0 heterocycles.